The molecule has 0 aliphatic heterocycles. The Balaban J connectivity index is 1.50. The predicted octanol–water partition coefficient (Wildman–Crippen LogP) is 5.88. The molecule has 0 aromatic heterocycles. The Morgan fingerprint density at radius 3 is 1.91 bits per heavy atom. The maximum atomic E-state index is 13.0. The predicted molar refractivity (Wildman–Crippen MR) is 124 cm³/mol. The summed E-state index contributed by atoms with van der Waals surface area (Å²) in [5, 5.41) is 12.4. The van der Waals surface area contributed by atoms with E-state index in [2.05, 4.69) is 5.32 Å². The van der Waals surface area contributed by atoms with E-state index in [0.717, 1.165) is 5.56 Å². The summed E-state index contributed by atoms with van der Waals surface area (Å²) >= 11 is 0. The van der Waals surface area contributed by atoms with Gasteiger partial charge in [0.05, 0.1) is 5.56 Å². The first kappa shape index (κ1) is 20.9. The molecule has 4 aromatic rings. The van der Waals surface area contributed by atoms with Gasteiger partial charge in [-0.2, -0.15) is 0 Å². The van der Waals surface area contributed by atoms with E-state index in [1.807, 2.05) is 30.3 Å². The van der Waals surface area contributed by atoms with Crippen molar-refractivity contribution in [1.82, 2.24) is 0 Å². The largest absolute Gasteiger partial charge is 0.489 e. The van der Waals surface area contributed by atoms with Crippen LogP contribution in [0.5, 0.6) is 5.75 Å². The number of anilines is 1. The molecule has 0 fully saturated rings. The number of carboxylic acid groups (broad SMARTS) is 1. The van der Waals surface area contributed by atoms with Gasteiger partial charge in [-0.1, -0.05) is 66.7 Å². The van der Waals surface area contributed by atoms with Crippen LogP contribution in [0.2, 0.25) is 0 Å². The molecule has 0 atom stereocenters. The molecule has 5 heteroatoms. The Bertz CT molecular complexity index is 1230. The van der Waals surface area contributed by atoms with Crippen molar-refractivity contribution in [1.29, 1.82) is 0 Å². The van der Waals surface area contributed by atoms with E-state index in [1.165, 1.54) is 6.07 Å². The van der Waals surface area contributed by atoms with E-state index in [0.29, 0.717) is 34.7 Å². The van der Waals surface area contributed by atoms with Gasteiger partial charge in [-0.15, -0.1) is 0 Å². The molecular weight excluding hydrogens is 402 g/mol. The fourth-order valence-corrected chi connectivity index (χ4v) is 3.39. The molecule has 1 amide bonds. The highest BCUT2D eigenvalue weighted by atomic mass is 16.5. The molecule has 0 unspecified atom stereocenters. The zero-order chi connectivity index (χ0) is 22.3. The number of carbonyl (C=O) groups is 2. The third-order valence-electron chi connectivity index (χ3n) is 4.98. The lowest BCUT2D eigenvalue weighted by Gasteiger charge is -2.13. The summed E-state index contributed by atoms with van der Waals surface area (Å²) in [7, 11) is 0. The average molecular weight is 423 g/mol. The highest BCUT2D eigenvalue weighted by Crippen LogP contribution is 2.28. The molecule has 32 heavy (non-hydrogen) atoms. The maximum absolute atomic E-state index is 13.0. The summed E-state index contributed by atoms with van der Waals surface area (Å²) in [5.41, 5.74) is 3.28. The Labute approximate surface area is 185 Å². The van der Waals surface area contributed by atoms with Gasteiger partial charge in [0.1, 0.15) is 12.4 Å². The van der Waals surface area contributed by atoms with E-state index in [4.69, 9.17) is 4.74 Å². The zero-order valence-corrected chi connectivity index (χ0v) is 17.2. The van der Waals surface area contributed by atoms with Crippen molar-refractivity contribution in [2.45, 2.75) is 6.61 Å². The second kappa shape index (κ2) is 9.62. The number of hydrogen-bond acceptors (Lipinski definition) is 3. The highest BCUT2D eigenvalue weighted by molar-refractivity contribution is 6.10. The van der Waals surface area contributed by atoms with Gasteiger partial charge < -0.3 is 15.2 Å². The summed E-state index contributed by atoms with van der Waals surface area (Å²) in [6, 6.07) is 30.6. The van der Waals surface area contributed by atoms with Gasteiger partial charge in [0.25, 0.3) is 5.91 Å². The van der Waals surface area contributed by atoms with E-state index in [1.54, 1.807) is 66.7 Å². The molecule has 158 valence electrons. The van der Waals surface area contributed by atoms with Crippen LogP contribution >= 0.6 is 0 Å². The molecule has 0 saturated carbocycles. The molecule has 5 nitrogen and oxygen atoms in total. The van der Waals surface area contributed by atoms with E-state index in [-0.39, 0.29) is 11.5 Å². The van der Waals surface area contributed by atoms with Crippen LogP contribution in [-0.4, -0.2) is 17.0 Å². The summed E-state index contributed by atoms with van der Waals surface area (Å²) in [4.78, 5) is 24.6. The number of carboxylic acids is 1. The van der Waals surface area contributed by atoms with Crippen LogP contribution in [0.25, 0.3) is 11.1 Å². The molecule has 0 aliphatic rings. The molecule has 0 bridgehead atoms. The Morgan fingerprint density at radius 2 is 1.25 bits per heavy atom. The van der Waals surface area contributed by atoms with E-state index >= 15 is 0 Å². The third kappa shape index (κ3) is 4.84. The highest BCUT2D eigenvalue weighted by Gasteiger charge is 2.17. The number of nitrogens with one attached hydrogen (secondary N) is 1. The number of benzene rings is 4. The molecule has 0 spiro atoms. The lowest BCUT2D eigenvalue weighted by molar-refractivity contribution is 0.0697. The normalized spacial score (nSPS) is 10.4. The van der Waals surface area contributed by atoms with Crippen molar-refractivity contribution >= 4 is 17.6 Å². The lowest BCUT2D eigenvalue weighted by atomic mass is 9.95. The molecule has 0 radical (unpaired) electrons. The number of hydrogen-bond donors (Lipinski definition) is 2. The number of amides is 1. The van der Waals surface area contributed by atoms with Gasteiger partial charge in [-0.3, -0.25) is 4.79 Å². The lowest BCUT2D eigenvalue weighted by Crippen LogP contribution is -2.13. The first-order valence-electron chi connectivity index (χ1n) is 10.1. The summed E-state index contributed by atoms with van der Waals surface area (Å²) < 4.78 is 5.78. The minimum Gasteiger partial charge on any atom is -0.489 e. The quantitative estimate of drug-likeness (QED) is 0.389. The SMILES string of the molecule is O=C(O)c1ccccc1-c1ccccc1C(=O)Nc1ccc(OCc2ccccc2)cc1. The smallest absolute Gasteiger partial charge is 0.336 e. The van der Waals surface area contributed by atoms with Gasteiger partial charge in [-0.05, 0) is 53.1 Å². The van der Waals surface area contributed by atoms with Gasteiger partial charge in [0, 0.05) is 11.3 Å². The Morgan fingerprint density at radius 1 is 0.688 bits per heavy atom. The van der Waals surface area contributed by atoms with E-state index < -0.39 is 5.97 Å². The second-order valence-corrected chi connectivity index (χ2v) is 7.15. The van der Waals surface area contributed by atoms with Gasteiger partial charge >= 0.3 is 5.97 Å². The van der Waals surface area contributed by atoms with Crippen molar-refractivity contribution in [2.24, 2.45) is 0 Å². The van der Waals surface area contributed by atoms with Crippen LogP contribution in [0.15, 0.2) is 103 Å². The van der Waals surface area contributed by atoms with Crippen LogP contribution < -0.4 is 10.1 Å². The molecule has 0 heterocycles. The fraction of sp³-hybridized carbons (Fsp3) is 0.0370. The van der Waals surface area contributed by atoms with Crippen LogP contribution in [0.1, 0.15) is 26.3 Å². The van der Waals surface area contributed by atoms with Crippen LogP contribution in [-0.2, 0) is 6.61 Å². The molecule has 0 saturated heterocycles. The van der Waals surface area contributed by atoms with Crippen molar-refractivity contribution in [3.05, 3.63) is 120 Å². The minimum atomic E-state index is -1.04. The van der Waals surface area contributed by atoms with Crippen molar-refractivity contribution in [2.75, 3.05) is 5.32 Å². The van der Waals surface area contributed by atoms with Crippen molar-refractivity contribution in [3.63, 3.8) is 0 Å². The molecule has 4 aromatic carbocycles. The number of rotatable bonds is 7. The number of aromatic carboxylic acids is 1. The number of carbonyl (C=O) groups excluding carboxylic acids is 1. The van der Waals surface area contributed by atoms with Crippen molar-refractivity contribution < 1.29 is 19.4 Å². The fourth-order valence-electron chi connectivity index (χ4n) is 3.39. The van der Waals surface area contributed by atoms with Gasteiger partial charge in [0.2, 0.25) is 0 Å². The monoisotopic (exact) mass is 423 g/mol. The van der Waals surface area contributed by atoms with Crippen LogP contribution in [0.4, 0.5) is 5.69 Å². The summed E-state index contributed by atoms with van der Waals surface area (Å²) in [5.74, 6) is -0.664. The molecule has 4 rings (SSSR count). The Hall–Kier alpha value is -4.38. The molecule has 0 aliphatic carbocycles. The first-order chi connectivity index (χ1) is 15.6. The second-order valence-electron chi connectivity index (χ2n) is 7.15. The summed E-state index contributed by atoms with van der Waals surface area (Å²) in [6.45, 7) is 0.461. The van der Waals surface area contributed by atoms with Crippen LogP contribution in [0.3, 0.4) is 0 Å². The third-order valence-corrected chi connectivity index (χ3v) is 4.98. The zero-order valence-electron chi connectivity index (χ0n) is 17.2. The Kier molecular flexibility index (Phi) is 6.28. The molecular formula is C27H21NO4. The van der Waals surface area contributed by atoms with Gasteiger partial charge in [-0.25, -0.2) is 4.79 Å². The maximum Gasteiger partial charge on any atom is 0.336 e. The number of ether oxygens (including phenoxy) is 1. The van der Waals surface area contributed by atoms with E-state index in [9.17, 15) is 14.7 Å². The average Bonchev–Trinajstić information content (AvgIpc) is 2.84. The summed E-state index contributed by atoms with van der Waals surface area (Å²) in [6.07, 6.45) is 0. The first-order valence-corrected chi connectivity index (χ1v) is 10.1. The molecule has 2 N–H and O–H groups in total. The minimum absolute atomic E-state index is 0.146. The standard InChI is InChI=1S/C27H21NO4/c29-26(24-12-6-4-10-22(24)23-11-5-7-13-25(23)27(30)31)28-20-14-16-21(17-15-20)32-18-19-8-2-1-3-9-19/h1-17H,18H2,(H,28,29)(H,30,31). The van der Waals surface area contributed by atoms with Crippen LogP contribution in [0, 0.1) is 0 Å². The van der Waals surface area contributed by atoms with Gasteiger partial charge in [0.15, 0.2) is 0 Å². The van der Waals surface area contributed by atoms with Crippen molar-refractivity contribution in [3.8, 4) is 16.9 Å². The topological polar surface area (TPSA) is 75.6 Å².